The molecule has 3 rings (SSSR count). The largest absolute Gasteiger partial charge is 0.489 e. The first-order valence-corrected chi connectivity index (χ1v) is 9.86. The minimum Gasteiger partial charge on any atom is -0.489 e. The van der Waals surface area contributed by atoms with E-state index in [1.165, 1.54) is 5.56 Å². The molecule has 144 valence electrons. The predicted octanol–water partition coefficient (Wildman–Crippen LogP) is 5.94. The van der Waals surface area contributed by atoms with E-state index in [1.807, 2.05) is 60.7 Å². The second-order valence-corrected chi connectivity index (χ2v) is 7.24. The summed E-state index contributed by atoms with van der Waals surface area (Å²) in [6, 6.07) is 22.5. The van der Waals surface area contributed by atoms with Crippen LogP contribution < -0.4 is 10.1 Å². The maximum Gasteiger partial charge on any atom is 0.251 e. The van der Waals surface area contributed by atoms with Gasteiger partial charge in [0.2, 0.25) is 0 Å². The summed E-state index contributed by atoms with van der Waals surface area (Å²) in [6.45, 7) is 0.956. The molecule has 0 aromatic heterocycles. The molecule has 0 atom stereocenters. The van der Waals surface area contributed by atoms with Crippen LogP contribution in [0.4, 0.5) is 0 Å². The number of hydrogen-bond donors (Lipinski definition) is 1. The number of carbonyl (C=O) groups excluding carboxylic acids is 1. The fourth-order valence-electron chi connectivity index (χ4n) is 2.75. The zero-order chi connectivity index (χ0) is 19.8. The number of hydrogen-bond acceptors (Lipinski definition) is 2. The fraction of sp³-hybridized carbons (Fsp3) is 0.174. The van der Waals surface area contributed by atoms with Gasteiger partial charge >= 0.3 is 0 Å². The van der Waals surface area contributed by atoms with Gasteiger partial charge in [-0.15, -0.1) is 0 Å². The van der Waals surface area contributed by atoms with E-state index in [-0.39, 0.29) is 5.91 Å². The van der Waals surface area contributed by atoms with Crippen molar-refractivity contribution in [3.63, 3.8) is 0 Å². The van der Waals surface area contributed by atoms with Gasteiger partial charge in [-0.3, -0.25) is 4.79 Å². The van der Waals surface area contributed by atoms with Gasteiger partial charge in [-0.1, -0.05) is 59.6 Å². The number of benzene rings is 3. The van der Waals surface area contributed by atoms with Gasteiger partial charge in [0, 0.05) is 27.7 Å². The van der Waals surface area contributed by atoms with E-state index in [2.05, 4.69) is 5.32 Å². The minimum atomic E-state index is -0.112. The highest BCUT2D eigenvalue weighted by Crippen LogP contribution is 2.19. The third-order valence-corrected chi connectivity index (χ3v) is 4.91. The Morgan fingerprint density at radius 1 is 0.929 bits per heavy atom. The lowest BCUT2D eigenvalue weighted by atomic mass is 10.1. The first-order valence-electron chi connectivity index (χ1n) is 9.11. The van der Waals surface area contributed by atoms with Crippen LogP contribution in [0.5, 0.6) is 5.75 Å². The van der Waals surface area contributed by atoms with Crippen molar-refractivity contribution in [2.75, 3.05) is 6.54 Å². The van der Waals surface area contributed by atoms with Gasteiger partial charge in [0.15, 0.2) is 0 Å². The molecule has 0 aliphatic rings. The monoisotopic (exact) mass is 413 g/mol. The number of carbonyl (C=O) groups is 1. The molecule has 0 unspecified atom stereocenters. The maximum absolute atomic E-state index is 12.4. The third-order valence-electron chi connectivity index (χ3n) is 4.29. The van der Waals surface area contributed by atoms with E-state index in [1.54, 1.807) is 12.1 Å². The number of amides is 1. The number of halogens is 2. The summed E-state index contributed by atoms with van der Waals surface area (Å²) in [7, 11) is 0. The van der Waals surface area contributed by atoms with Gasteiger partial charge < -0.3 is 10.1 Å². The predicted molar refractivity (Wildman–Crippen MR) is 114 cm³/mol. The highest BCUT2D eigenvalue weighted by molar-refractivity contribution is 6.31. The molecule has 0 heterocycles. The van der Waals surface area contributed by atoms with Crippen LogP contribution in [0.1, 0.15) is 27.9 Å². The SMILES string of the molecule is O=C(NCCCc1ccc(Cl)cc1)c1cccc(OCc2ccccc2Cl)c1. The summed E-state index contributed by atoms with van der Waals surface area (Å²) < 4.78 is 5.78. The van der Waals surface area contributed by atoms with Gasteiger partial charge in [0.25, 0.3) is 5.91 Å². The standard InChI is InChI=1S/C23H21Cl2NO2/c24-20-12-10-17(11-13-20)5-4-14-26-23(27)18-7-3-8-21(15-18)28-16-19-6-1-2-9-22(19)25/h1-3,6-13,15H,4-5,14,16H2,(H,26,27). The Morgan fingerprint density at radius 3 is 2.50 bits per heavy atom. The molecule has 3 nitrogen and oxygen atoms in total. The van der Waals surface area contributed by atoms with E-state index in [9.17, 15) is 4.79 Å². The second-order valence-electron chi connectivity index (χ2n) is 6.39. The molecular formula is C23H21Cl2NO2. The average molecular weight is 414 g/mol. The first kappa shape index (κ1) is 20.2. The smallest absolute Gasteiger partial charge is 0.251 e. The van der Waals surface area contributed by atoms with Crippen LogP contribution in [0.25, 0.3) is 0 Å². The molecule has 0 aliphatic heterocycles. The minimum absolute atomic E-state index is 0.112. The molecule has 1 amide bonds. The Hall–Kier alpha value is -2.49. The van der Waals surface area contributed by atoms with Crippen molar-refractivity contribution >= 4 is 29.1 Å². The molecule has 5 heteroatoms. The van der Waals surface area contributed by atoms with Gasteiger partial charge in [0.05, 0.1) is 0 Å². The number of ether oxygens (including phenoxy) is 1. The van der Waals surface area contributed by atoms with Gasteiger partial charge in [0.1, 0.15) is 12.4 Å². The first-order chi connectivity index (χ1) is 13.6. The summed E-state index contributed by atoms with van der Waals surface area (Å²) >= 11 is 12.0. The van der Waals surface area contributed by atoms with Crippen molar-refractivity contribution in [1.82, 2.24) is 5.32 Å². The Balaban J connectivity index is 1.48. The van der Waals surface area contributed by atoms with E-state index in [0.717, 1.165) is 23.4 Å². The molecule has 0 radical (unpaired) electrons. The Labute approximate surface area is 175 Å². The van der Waals surface area contributed by atoms with Crippen molar-refractivity contribution in [1.29, 1.82) is 0 Å². The Kier molecular flexibility index (Phi) is 7.35. The zero-order valence-corrected chi connectivity index (χ0v) is 16.8. The molecule has 28 heavy (non-hydrogen) atoms. The van der Waals surface area contributed by atoms with Crippen LogP contribution in [-0.4, -0.2) is 12.5 Å². The molecule has 3 aromatic rings. The summed E-state index contributed by atoms with van der Waals surface area (Å²) in [4.78, 5) is 12.4. The lowest BCUT2D eigenvalue weighted by molar-refractivity contribution is 0.0952. The molecule has 1 N–H and O–H groups in total. The van der Waals surface area contributed by atoms with Crippen molar-refractivity contribution in [3.05, 3.63) is 99.5 Å². The van der Waals surface area contributed by atoms with Gasteiger partial charge in [-0.2, -0.15) is 0 Å². The quantitative estimate of drug-likeness (QED) is 0.464. The van der Waals surface area contributed by atoms with Crippen molar-refractivity contribution in [2.45, 2.75) is 19.4 Å². The topological polar surface area (TPSA) is 38.3 Å². The number of nitrogens with one attached hydrogen (secondary N) is 1. The van der Waals surface area contributed by atoms with Gasteiger partial charge in [-0.25, -0.2) is 0 Å². The normalized spacial score (nSPS) is 10.5. The van der Waals surface area contributed by atoms with Crippen LogP contribution in [0.2, 0.25) is 10.0 Å². The lowest BCUT2D eigenvalue weighted by Crippen LogP contribution is -2.24. The molecule has 0 spiro atoms. The van der Waals surface area contributed by atoms with E-state index < -0.39 is 0 Å². The fourth-order valence-corrected chi connectivity index (χ4v) is 3.07. The highest BCUT2D eigenvalue weighted by atomic mass is 35.5. The van der Waals surface area contributed by atoms with E-state index in [4.69, 9.17) is 27.9 Å². The third kappa shape index (κ3) is 6.01. The van der Waals surface area contributed by atoms with Crippen LogP contribution in [-0.2, 0) is 13.0 Å². The van der Waals surface area contributed by atoms with Crippen molar-refractivity contribution in [2.24, 2.45) is 0 Å². The van der Waals surface area contributed by atoms with Crippen LogP contribution in [0, 0.1) is 0 Å². The molecule has 0 fully saturated rings. The van der Waals surface area contributed by atoms with E-state index >= 15 is 0 Å². The molecule has 0 aliphatic carbocycles. The summed E-state index contributed by atoms with van der Waals surface area (Å²) in [5.41, 5.74) is 2.68. The molecule has 0 saturated carbocycles. The summed E-state index contributed by atoms with van der Waals surface area (Å²) in [6.07, 6.45) is 1.74. The Morgan fingerprint density at radius 2 is 1.71 bits per heavy atom. The molecule has 0 saturated heterocycles. The van der Waals surface area contributed by atoms with Crippen LogP contribution in [0.15, 0.2) is 72.8 Å². The lowest BCUT2D eigenvalue weighted by Gasteiger charge is -2.10. The number of rotatable bonds is 8. The van der Waals surface area contributed by atoms with E-state index in [0.29, 0.717) is 29.5 Å². The van der Waals surface area contributed by atoms with Crippen LogP contribution in [0.3, 0.4) is 0 Å². The highest BCUT2D eigenvalue weighted by Gasteiger charge is 2.07. The van der Waals surface area contributed by atoms with Crippen molar-refractivity contribution in [3.8, 4) is 5.75 Å². The summed E-state index contributed by atoms with van der Waals surface area (Å²) in [5.74, 6) is 0.521. The van der Waals surface area contributed by atoms with Crippen LogP contribution >= 0.6 is 23.2 Å². The van der Waals surface area contributed by atoms with Gasteiger partial charge in [-0.05, 0) is 54.8 Å². The Bertz CT molecular complexity index is 926. The second kappa shape index (κ2) is 10.2. The molecule has 0 bridgehead atoms. The van der Waals surface area contributed by atoms with Crippen molar-refractivity contribution < 1.29 is 9.53 Å². The maximum atomic E-state index is 12.4. The molecule has 3 aromatic carbocycles. The average Bonchev–Trinajstić information content (AvgIpc) is 2.72. The zero-order valence-electron chi connectivity index (χ0n) is 15.3. The number of aryl methyl sites for hydroxylation is 1. The molecular weight excluding hydrogens is 393 g/mol. The summed E-state index contributed by atoms with van der Waals surface area (Å²) in [5, 5.41) is 4.34.